The summed E-state index contributed by atoms with van der Waals surface area (Å²) >= 11 is 0. The number of benzene rings is 2. The molecule has 0 bridgehead atoms. The van der Waals surface area contributed by atoms with Crippen molar-refractivity contribution < 1.29 is 18.7 Å². The predicted octanol–water partition coefficient (Wildman–Crippen LogP) is 4.25. The zero-order chi connectivity index (χ0) is 19.9. The second kappa shape index (κ2) is 9.35. The molecule has 6 heteroatoms. The standard InChI is InChI=1S/C22H25FN2O3/c1-16(28-18-12-10-17(23)11-13-18)21(26)24-20-9-5-4-8-19(20)22(27)25-14-6-2-3-7-15-25/h4-5,8-13,16H,2-3,6-7,14-15H2,1H3,(H,24,26). The second-order valence-corrected chi connectivity index (χ2v) is 6.96. The maximum atomic E-state index is 13.0. The second-order valence-electron chi connectivity index (χ2n) is 6.96. The molecular weight excluding hydrogens is 359 g/mol. The average Bonchev–Trinajstić information content (AvgIpc) is 2.99. The SMILES string of the molecule is CC(Oc1ccc(F)cc1)C(=O)Nc1ccccc1C(=O)N1CCCCCC1. The molecule has 1 fully saturated rings. The van der Waals surface area contributed by atoms with Gasteiger partial charge in [0.15, 0.2) is 6.10 Å². The number of nitrogens with one attached hydrogen (secondary N) is 1. The van der Waals surface area contributed by atoms with Gasteiger partial charge in [0.25, 0.3) is 11.8 Å². The van der Waals surface area contributed by atoms with Gasteiger partial charge in [0, 0.05) is 13.1 Å². The number of rotatable bonds is 5. The third-order valence-corrected chi connectivity index (χ3v) is 4.80. The van der Waals surface area contributed by atoms with Crippen LogP contribution < -0.4 is 10.1 Å². The summed E-state index contributed by atoms with van der Waals surface area (Å²) in [4.78, 5) is 27.4. The highest BCUT2D eigenvalue weighted by atomic mass is 19.1. The molecule has 148 valence electrons. The zero-order valence-electron chi connectivity index (χ0n) is 16.0. The first kappa shape index (κ1) is 19.9. The molecule has 2 amide bonds. The minimum absolute atomic E-state index is 0.0649. The van der Waals surface area contributed by atoms with E-state index in [0.717, 1.165) is 38.8 Å². The van der Waals surface area contributed by atoms with Gasteiger partial charge in [0.05, 0.1) is 11.3 Å². The molecule has 0 aromatic heterocycles. The van der Waals surface area contributed by atoms with Crippen LogP contribution in [0.2, 0.25) is 0 Å². The van der Waals surface area contributed by atoms with Gasteiger partial charge >= 0.3 is 0 Å². The lowest BCUT2D eigenvalue weighted by molar-refractivity contribution is -0.122. The van der Waals surface area contributed by atoms with E-state index < -0.39 is 6.10 Å². The highest BCUT2D eigenvalue weighted by Gasteiger charge is 2.22. The number of amides is 2. The van der Waals surface area contributed by atoms with E-state index in [4.69, 9.17) is 4.74 Å². The lowest BCUT2D eigenvalue weighted by Gasteiger charge is -2.22. The molecule has 2 aromatic carbocycles. The van der Waals surface area contributed by atoms with Gasteiger partial charge in [-0.15, -0.1) is 0 Å². The summed E-state index contributed by atoms with van der Waals surface area (Å²) in [5.74, 6) is -0.409. The van der Waals surface area contributed by atoms with E-state index >= 15 is 0 Å². The van der Waals surface area contributed by atoms with Crippen molar-refractivity contribution in [2.24, 2.45) is 0 Å². The van der Waals surface area contributed by atoms with Crippen molar-refractivity contribution in [1.29, 1.82) is 0 Å². The van der Waals surface area contributed by atoms with E-state index in [9.17, 15) is 14.0 Å². The van der Waals surface area contributed by atoms with Gasteiger partial charge in [-0.25, -0.2) is 4.39 Å². The third kappa shape index (κ3) is 5.09. The van der Waals surface area contributed by atoms with Crippen LogP contribution in [0.5, 0.6) is 5.75 Å². The molecule has 28 heavy (non-hydrogen) atoms. The minimum Gasteiger partial charge on any atom is -0.481 e. The summed E-state index contributed by atoms with van der Waals surface area (Å²) in [5, 5.41) is 2.79. The Morgan fingerprint density at radius 2 is 1.64 bits per heavy atom. The van der Waals surface area contributed by atoms with Gasteiger partial charge in [-0.05, 0) is 56.2 Å². The quantitative estimate of drug-likeness (QED) is 0.838. The molecule has 1 atom stereocenters. The van der Waals surface area contributed by atoms with Crippen LogP contribution in [0.1, 0.15) is 43.0 Å². The van der Waals surface area contributed by atoms with Crippen molar-refractivity contribution in [2.45, 2.75) is 38.7 Å². The summed E-state index contributed by atoms with van der Waals surface area (Å²) in [7, 11) is 0. The number of likely N-dealkylation sites (tertiary alicyclic amines) is 1. The Labute approximate surface area is 164 Å². The topological polar surface area (TPSA) is 58.6 Å². The molecular formula is C22H25FN2O3. The van der Waals surface area contributed by atoms with E-state index in [2.05, 4.69) is 5.32 Å². The number of hydrogen-bond donors (Lipinski definition) is 1. The van der Waals surface area contributed by atoms with Crippen LogP contribution >= 0.6 is 0 Å². The molecule has 1 unspecified atom stereocenters. The lowest BCUT2D eigenvalue weighted by Crippen LogP contribution is -2.34. The van der Waals surface area contributed by atoms with Gasteiger partial charge in [-0.3, -0.25) is 9.59 Å². The Morgan fingerprint density at radius 1 is 1.00 bits per heavy atom. The number of ether oxygens (including phenoxy) is 1. The molecule has 1 saturated heterocycles. The molecule has 1 aliphatic rings. The Morgan fingerprint density at radius 3 is 2.32 bits per heavy atom. The van der Waals surface area contributed by atoms with E-state index in [1.807, 2.05) is 4.90 Å². The maximum Gasteiger partial charge on any atom is 0.265 e. The summed E-state index contributed by atoms with van der Waals surface area (Å²) < 4.78 is 18.6. The highest BCUT2D eigenvalue weighted by molar-refractivity contribution is 6.04. The number of carbonyl (C=O) groups excluding carboxylic acids is 2. The van der Waals surface area contributed by atoms with Crippen LogP contribution in [0.15, 0.2) is 48.5 Å². The van der Waals surface area contributed by atoms with E-state index in [-0.39, 0.29) is 17.6 Å². The molecule has 2 aromatic rings. The van der Waals surface area contributed by atoms with Crippen molar-refractivity contribution in [3.63, 3.8) is 0 Å². The number of nitrogens with zero attached hydrogens (tertiary/aromatic N) is 1. The minimum atomic E-state index is -0.799. The largest absolute Gasteiger partial charge is 0.481 e. The number of para-hydroxylation sites is 1. The van der Waals surface area contributed by atoms with Crippen LogP contribution in [0.4, 0.5) is 10.1 Å². The zero-order valence-corrected chi connectivity index (χ0v) is 16.0. The normalized spacial score (nSPS) is 15.4. The Kier molecular flexibility index (Phi) is 6.63. The van der Waals surface area contributed by atoms with E-state index in [1.54, 1.807) is 31.2 Å². The van der Waals surface area contributed by atoms with Gasteiger partial charge in [0.1, 0.15) is 11.6 Å². The monoisotopic (exact) mass is 384 g/mol. The number of halogens is 1. The molecule has 0 spiro atoms. The fourth-order valence-corrected chi connectivity index (χ4v) is 3.23. The maximum absolute atomic E-state index is 13.0. The fourth-order valence-electron chi connectivity index (χ4n) is 3.23. The van der Waals surface area contributed by atoms with Crippen LogP contribution in [0.3, 0.4) is 0 Å². The first-order chi connectivity index (χ1) is 13.5. The van der Waals surface area contributed by atoms with Gasteiger partial charge < -0.3 is 15.0 Å². The Hall–Kier alpha value is -2.89. The third-order valence-electron chi connectivity index (χ3n) is 4.80. The molecule has 1 aliphatic heterocycles. The van der Waals surface area contributed by atoms with Gasteiger partial charge in [-0.2, -0.15) is 0 Å². The molecule has 5 nitrogen and oxygen atoms in total. The lowest BCUT2D eigenvalue weighted by atomic mass is 10.1. The first-order valence-corrected chi connectivity index (χ1v) is 9.66. The summed E-state index contributed by atoms with van der Waals surface area (Å²) in [6.07, 6.45) is 3.48. The molecule has 1 N–H and O–H groups in total. The predicted molar refractivity (Wildman–Crippen MR) is 106 cm³/mol. The Bertz CT molecular complexity index is 815. The summed E-state index contributed by atoms with van der Waals surface area (Å²) in [5.41, 5.74) is 0.947. The van der Waals surface area contributed by atoms with Crippen molar-refractivity contribution in [3.8, 4) is 5.75 Å². The highest BCUT2D eigenvalue weighted by Crippen LogP contribution is 2.21. The number of hydrogen-bond acceptors (Lipinski definition) is 3. The summed E-state index contributed by atoms with van der Waals surface area (Å²) in [6.45, 7) is 3.09. The molecule has 1 heterocycles. The number of carbonyl (C=O) groups is 2. The first-order valence-electron chi connectivity index (χ1n) is 9.66. The average molecular weight is 384 g/mol. The number of anilines is 1. The van der Waals surface area contributed by atoms with E-state index in [0.29, 0.717) is 17.0 Å². The molecule has 0 aliphatic carbocycles. The molecule has 3 rings (SSSR count). The van der Waals surface area contributed by atoms with Crippen molar-refractivity contribution in [2.75, 3.05) is 18.4 Å². The van der Waals surface area contributed by atoms with Gasteiger partial charge in [0.2, 0.25) is 0 Å². The summed E-state index contributed by atoms with van der Waals surface area (Å²) in [6, 6.07) is 12.5. The van der Waals surface area contributed by atoms with Crippen molar-refractivity contribution >= 4 is 17.5 Å². The van der Waals surface area contributed by atoms with Crippen LogP contribution in [0, 0.1) is 5.82 Å². The van der Waals surface area contributed by atoms with Gasteiger partial charge in [-0.1, -0.05) is 25.0 Å². The van der Waals surface area contributed by atoms with Crippen LogP contribution in [0.25, 0.3) is 0 Å². The van der Waals surface area contributed by atoms with Crippen molar-refractivity contribution in [3.05, 3.63) is 59.9 Å². The van der Waals surface area contributed by atoms with Crippen LogP contribution in [-0.4, -0.2) is 35.9 Å². The molecule has 0 saturated carbocycles. The van der Waals surface area contributed by atoms with E-state index in [1.165, 1.54) is 24.3 Å². The Balaban J connectivity index is 1.68. The molecule has 0 radical (unpaired) electrons. The fraction of sp³-hybridized carbons (Fsp3) is 0.364. The smallest absolute Gasteiger partial charge is 0.265 e. The van der Waals surface area contributed by atoms with Crippen LogP contribution in [-0.2, 0) is 4.79 Å². The van der Waals surface area contributed by atoms with Crippen molar-refractivity contribution in [1.82, 2.24) is 4.90 Å².